The first-order valence-electron chi connectivity index (χ1n) is 8.16. The Labute approximate surface area is 118 Å². The summed E-state index contributed by atoms with van der Waals surface area (Å²) in [5.41, 5.74) is 0.440. The highest BCUT2D eigenvalue weighted by atomic mass is 16.3. The number of hydrogen-bond donors (Lipinski definition) is 2. The molecule has 2 N–H and O–H groups in total. The topological polar surface area (TPSA) is 35.5 Å². The summed E-state index contributed by atoms with van der Waals surface area (Å²) in [4.78, 5) is 2.57. The van der Waals surface area contributed by atoms with Gasteiger partial charge in [0.05, 0.1) is 6.10 Å². The van der Waals surface area contributed by atoms with Gasteiger partial charge in [0.1, 0.15) is 0 Å². The smallest absolute Gasteiger partial charge is 0.0564 e. The molecular formula is C16H32N2O. The van der Waals surface area contributed by atoms with Crippen LogP contribution in [0.4, 0.5) is 0 Å². The maximum absolute atomic E-state index is 9.60. The largest absolute Gasteiger partial charge is 0.393 e. The predicted octanol–water partition coefficient (Wildman–Crippen LogP) is 2.25. The van der Waals surface area contributed by atoms with E-state index in [1.165, 1.54) is 25.8 Å². The first-order valence-corrected chi connectivity index (χ1v) is 8.16. The zero-order valence-electron chi connectivity index (χ0n) is 13.0. The van der Waals surface area contributed by atoms with Gasteiger partial charge in [-0.05, 0) is 50.0 Å². The Morgan fingerprint density at radius 1 is 1.21 bits per heavy atom. The maximum atomic E-state index is 9.60. The van der Waals surface area contributed by atoms with Gasteiger partial charge in [-0.3, -0.25) is 0 Å². The Bertz CT molecular complexity index is 272. The van der Waals surface area contributed by atoms with Gasteiger partial charge in [-0.2, -0.15) is 0 Å². The minimum atomic E-state index is -0.0507. The quantitative estimate of drug-likeness (QED) is 0.803. The van der Waals surface area contributed by atoms with Crippen molar-refractivity contribution in [3.63, 3.8) is 0 Å². The summed E-state index contributed by atoms with van der Waals surface area (Å²) in [5, 5.41) is 13.4. The standard InChI is InChI=1S/C16H32N2O/c1-4-9-17-15-13(5-8-16(15,2)3)12-18-10-6-14(19)7-11-18/h13-15,17,19H,4-12H2,1-3H3. The molecule has 0 amide bonds. The van der Waals surface area contributed by atoms with Crippen LogP contribution in [0.5, 0.6) is 0 Å². The second-order valence-corrected chi connectivity index (χ2v) is 7.25. The molecule has 0 aromatic heterocycles. The van der Waals surface area contributed by atoms with Gasteiger partial charge in [0.25, 0.3) is 0 Å². The van der Waals surface area contributed by atoms with E-state index in [0.29, 0.717) is 11.5 Å². The third-order valence-electron chi connectivity index (χ3n) is 5.14. The summed E-state index contributed by atoms with van der Waals surface area (Å²) >= 11 is 0. The van der Waals surface area contributed by atoms with Crippen LogP contribution in [0, 0.1) is 11.3 Å². The fraction of sp³-hybridized carbons (Fsp3) is 1.00. The molecule has 1 saturated heterocycles. The molecule has 1 heterocycles. The highest BCUT2D eigenvalue weighted by Crippen LogP contribution is 2.41. The lowest BCUT2D eigenvalue weighted by Gasteiger charge is -2.36. The van der Waals surface area contributed by atoms with Crippen molar-refractivity contribution in [2.75, 3.05) is 26.2 Å². The number of hydrogen-bond acceptors (Lipinski definition) is 3. The highest BCUT2D eigenvalue weighted by molar-refractivity contribution is 4.97. The van der Waals surface area contributed by atoms with Crippen LogP contribution in [0.25, 0.3) is 0 Å². The van der Waals surface area contributed by atoms with Crippen LogP contribution < -0.4 is 5.32 Å². The molecule has 2 fully saturated rings. The summed E-state index contributed by atoms with van der Waals surface area (Å²) in [6.07, 6.45) is 5.79. The zero-order valence-corrected chi connectivity index (χ0v) is 13.0. The maximum Gasteiger partial charge on any atom is 0.0564 e. The molecule has 2 aliphatic rings. The molecular weight excluding hydrogens is 236 g/mol. The average molecular weight is 268 g/mol. The molecule has 1 aliphatic carbocycles. The van der Waals surface area contributed by atoms with E-state index in [-0.39, 0.29) is 6.10 Å². The molecule has 3 heteroatoms. The van der Waals surface area contributed by atoms with Crippen molar-refractivity contribution in [1.29, 1.82) is 0 Å². The van der Waals surface area contributed by atoms with E-state index < -0.39 is 0 Å². The van der Waals surface area contributed by atoms with Gasteiger partial charge >= 0.3 is 0 Å². The fourth-order valence-electron chi connectivity index (χ4n) is 3.89. The summed E-state index contributed by atoms with van der Waals surface area (Å²) in [7, 11) is 0. The Kier molecular flexibility index (Phi) is 5.27. The van der Waals surface area contributed by atoms with E-state index in [0.717, 1.165) is 38.4 Å². The Morgan fingerprint density at radius 3 is 2.53 bits per heavy atom. The molecule has 0 spiro atoms. The molecule has 0 aromatic rings. The van der Waals surface area contributed by atoms with Crippen LogP contribution in [-0.4, -0.2) is 48.3 Å². The number of likely N-dealkylation sites (tertiary alicyclic amines) is 1. The first-order chi connectivity index (χ1) is 9.03. The van der Waals surface area contributed by atoms with Crippen molar-refractivity contribution in [3.05, 3.63) is 0 Å². The third kappa shape index (κ3) is 3.93. The lowest BCUT2D eigenvalue weighted by Crippen LogP contribution is -2.47. The van der Waals surface area contributed by atoms with Gasteiger partial charge in [0.15, 0.2) is 0 Å². The number of nitrogens with one attached hydrogen (secondary N) is 1. The highest BCUT2D eigenvalue weighted by Gasteiger charge is 2.41. The van der Waals surface area contributed by atoms with Crippen molar-refractivity contribution in [3.8, 4) is 0 Å². The van der Waals surface area contributed by atoms with Crippen molar-refractivity contribution in [2.45, 2.75) is 65.0 Å². The molecule has 0 radical (unpaired) electrons. The van der Waals surface area contributed by atoms with Gasteiger partial charge in [-0.25, -0.2) is 0 Å². The molecule has 2 rings (SSSR count). The minimum Gasteiger partial charge on any atom is -0.393 e. The van der Waals surface area contributed by atoms with E-state index in [2.05, 4.69) is 31.0 Å². The molecule has 112 valence electrons. The Hall–Kier alpha value is -0.120. The molecule has 3 nitrogen and oxygen atoms in total. The first kappa shape index (κ1) is 15.3. The van der Waals surface area contributed by atoms with Crippen molar-refractivity contribution in [2.24, 2.45) is 11.3 Å². The molecule has 2 atom stereocenters. The molecule has 1 aliphatic heterocycles. The molecule has 1 saturated carbocycles. The molecule has 2 unspecified atom stereocenters. The number of nitrogens with zero attached hydrogens (tertiary/aromatic N) is 1. The van der Waals surface area contributed by atoms with Crippen LogP contribution in [0.2, 0.25) is 0 Å². The van der Waals surface area contributed by atoms with E-state index in [4.69, 9.17) is 0 Å². The minimum absolute atomic E-state index is 0.0507. The number of rotatable bonds is 5. The molecule has 0 aromatic carbocycles. The fourth-order valence-corrected chi connectivity index (χ4v) is 3.89. The summed E-state index contributed by atoms with van der Waals surface area (Å²) < 4.78 is 0. The second-order valence-electron chi connectivity index (χ2n) is 7.25. The summed E-state index contributed by atoms with van der Waals surface area (Å²) in [5.74, 6) is 0.789. The SMILES string of the molecule is CCCNC1C(CN2CCC(O)CC2)CCC1(C)C. The lowest BCUT2D eigenvalue weighted by molar-refractivity contribution is 0.0703. The summed E-state index contributed by atoms with van der Waals surface area (Å²) in [6, 6.07) is 0.666. The molecule has 19 heavy (non-hydrogen) atoms. The van der Waals surface area contributed by atoms with Crippen LogP contribution in [0.15, 0.2) is 0 Å². The van der Waals surface area contributed by atoms with Crippen LogP contribution in [0.1, 0.15) is 52.9 Å². The van der Waals surface area contributed by atoms with E-state index in [1.807, 2.05) is 0 Å². The monoisotopic (exact) mass is 268 g/mol. The van der Waals surface area contributed by atoms with Crippen LogP contribution >= 0.6 is 0 Å². The number of aliphatic hydroxyl groups excluding tert-OH is 1. The van der Waals surface area contributed by atoms with Gasteiger partial charge in [-0.15, -0.1) is 0 Å². The lowest BCUT2D eigenvalue weighted by atomic mass is 9.84. The normalized spacial score (nSPS) is 32.8. The van der Waals surface area contributed by atoms with E-state index in [1.54, 1.807) is 0 Å². The molecule has 0 bridgehead atoms. The van der Waals surface area contributed by atoms with Gasteiger partial charge < -0.3 is 15.3 Å². The van der Waals surface area contributed by atoms with E-state index >= 15 is 0 Å². The van der Waals surface area contributed by atoms with Gasteiger partial charge in [0.2, 0.25) is 0 Å². The predicted molar refractivity (Wildman–Crippen MR) is 80.3 cm³/mol. The van der Waals surface area contributed by atoms with Crippen LogP contribution in [0.3, 0.4) is 0 Å². The summed E-state index contributed by atoms with van der Waals surface area (Å²) in [6.45, 7) is 11.6. The Balaban J connectivity index is 1.87. The van der Waals surface area contributed by atoms with Crippen LogP contribution in [-0.2, 0) is 0 Å². The van der Waals surface area contributed by atoms with Crippen molar-refractivity contribution in [1.82, 2.24) is 10.2 Å². The van der Waals surface area contributed by atoms with Crippen molar-refractivity contribution >= 4 is 0 Å². The van der Waals surface area contributed by atoms with Gasteiger partial charge in [0, 0.05) is 25.7 Å². The van der Waals surface area contributed by atoms with Crippen molar-refractivity contribution < 1.29 is 5.11 Å². The zero-order chi connectivity index (χ0) is 13.9. The number of piperidine rings is 1. The second kappa shape index (κ2) is 6.55. The van der Waals surface area contributed by atoms with Gasteiger partial charge in [-0.1, -0.05) is 20.8 Å². The average Bonchev–Trinajstić information content (AvgIpc) is 2.65. The van der Waals surface area contributed by atoms with E-state index in [9.17, 15) is 5.11 Å². The third-order valence-corrected chi connectivity index (χ3v) is 5.14. The number of aliphatic hydroxyl groups is 1. The Morgan fingerprint density at radius 2 is 1.89 bits per heavy atom.